The molecule has 0 unspecified atom stereocenters. The molecule has 0 spiro atoms. The normalized spacial score (nSPS) is 11.6. The summed E-state index contributed by atoms with van der Waals surface area (Å²) in [6.45, 7) is 1.26. The van der Waals surface area contributed by atoms with Crippen LogP contribution in [-0.4, -0.2) is 47.8 Å². The molecule has 1 amide bonds. The standard InChI is InChI=1S/C22H22F4N4O2/c1-29(2)11-12-32-16-9-7-15(8-10-16)13-27-21(31)17-14-28-30(20(17)22(24,25)26)19-6-4-3-5-18(19)23/h3-10,14H,11-13H2,1-2H3,(H,27,31). The van der Waals surface area contributed by atoms with E-state index in [0.29, 0.717) is 22.6 Å². The van der Waals surface area contributed by atoms with Gasteiger partial charge in [0.15, 0.2) is 5.69 Å². The first-order valence-electron chi connectivity index (χ1n) is 9.71. The third-order valence-corrected chi connectivity index (χ3v) is 4.55. The summed E-state index contributed by atoms with van der Waals surface area (Å²) < 4.78 is 61.1. The molecule has 32 heavy (non-hydrogen) atoms. The van der Waals surface area contributed by atoms with Crippen LogP contribution in [0.15, 0.2) is 54.7 Å². The summed E-state index contributed by atoms with van der Waals surface area (Å²) in [5.74, 6) is -1.21. The zero-order valence-electron chi connectivity index (χ0n) is 17.5. The lowest BCUT2D eigenvalue weighted by Crippen LogP contribution is -2.26. The Hall–Kier alpha value is -3.40. The molecule has 0 fully saturated rings. The van der Waals surface area contributed by atoms with Crippen LogP contribution < -0.4 is 10.1 Å². The second-order valence-electron chi connectivity index (χ2n) is 7.25. The molecule has 10 heteroatoms. The monoisotopic (exact) mass is 450 g/mol. The fourth-order valence-electron chi connectivity index (χ4n) is 2.92. The lowest BCUT2D eigenvalue weighted by Gasteiger charge is -2.13. The molecular formula is C22H22F4N4O2. The zero-order valence-corrected chi connectivity index (χ0v) is 17.5. The molecule has 6 nitrogen and oxygen atoms in total. The Labute approximate surface area is 182 Å². The van der Waals surface area contributed by atoms with Crippen LogP contribution in [0.2, 0.25) is 0 Å². The number of hydrogen-bond donors (Lipinski definition) is 1. The SMILES string of the molecule is CN(C)CCOc1ccc(CNC(=O)c2cnn(-c3ccccc3F)c2C(F)(F)F)cc1. The molecule has 3 rings (SSSR count). The lowest BCUT2D eigenvalue weighted by atomic mass is 10.2. The van der Waals surface area contributed by atoms with Gasteiger partial charge in [-0.05, 0) is 43.9 Å². The Morgan fingerprint density at radius 3 is 2.44 bits per heavy atom. The summed E-state index contributed by atoms with van der Waals surface area (Å²) in [5.41, 5.74) is -1.76. The molecule has 0 saturated heterocycles. The van der Waals surface area contributed by atoms with Crippen molar-refractivity contribution in [2.24, 2.45) is 0 Å². The van der Waals surface area contributed by atoms with Crippen LogP contribution in [-0.2, 0) is 12.7 Å². The van der Waals surface area contributed by atoms with Gasteiger partial charge in [-0.1, -0.05) is 24.3 Å². The number of alkyl halides is 3. The Kier molecular flexibility index (Phi) is 7.14. The van der Waals surface area contributed by atoms with Gasteiger partial charge in [0.1, 0.15) is 23.9 Å². The van der Waals surface area contributed by atoms with Gasteiger partial charge in [-0.3, -0.25) is 4.79 Å². The summed E-state index contributed by atoms with van der Waals surface area (Å²) in [6, 6.07) is 11.8. The van der Waals surface area contributed by atoms with Crippen molar-refractivity contribution in [1.29, 1.82) is 0 Å². The highest BCUT2D eigenvalue weighted by Gasteiger charge is 2.41. The first-order chi connectivity index (χ1) is 15.2. The van der Waals surface area contributed by atoms with Crippen molar-refractivity contribution >= 4 is 5.91 Å². The number of carbonyl (C=O) groups excluding carboxylic acids is 1. The number of carbonyl (C=O) groups is 1. The van der Waals surface area contributed by atoms with E-state index in [9.17, 15) is 22.4 Å². The average Bonchev–Trinajstić information content (AvgIpc) is 3.19. The van der Waals surface area contributed by atoms with E-state index in [1.165, 1.54) is 12.1 Å². The number of hydrogen-bond acceptors (Lipinski definition) is 4. The first-order valence-corrected chi connectivity index (χ1v) is 9.71. The minimum absolute atomic E-state index is 0.00101. The van der Waals surface area contributed by atoms with Crippen molar-refractivity contribution in [3.63, 3.8) is 0 Å². The summed E-state index contributed by atoms with van der Waals surface area (Å²) in [5, 5.41) is 6.07. The molecule has 1 N–H and O–H groups in total. The van der Waals surface area contributed by atoms with Crippen LogP contribution in [0.3, 0.4) is 0 Å². The molecule has 1 heterocycles. The van der Waals surface area contributed by atoms with Gasteiger partial charge in [-0.15, -0.1) is 0 Å². The van der Waals surface area contributed by atoms with E-state index in [1.54, 1.807) is 24.3 Å². The molecule has 0 aliphatic heterocycles. The fourth-order valence-corrected chi connectivity index (χ4v) is 2.92. The van der Waals surface area contributed by atoms with E-state index in [4.69, 9.17) is 4.74 Å². The Morgan fingerprint density at radius 2 is 1.81 bits per heavy atom. The van der Waals surface area contributed by atoms with E-state index in [0.717, 1.165) is 24.9 Å². The van der Waals surface area contributed by atoms with Crippen LogP contribution in [0.25, 0.3) is 5.69 Å². The molecule has 2 aromatic carbocycles. The fraction of sp³-hybridized carbons (Fsp3) is 0.273. The number of rotatable bonds is 8. The predicted molar refractivity (Wildman–Crippen MR) is 110 cm³/mol. The minimum Gasteiger partial charge on any atom is -0.492 e. The second-order valence-corrected chi connectivity index (χ2v) is 7.25. The summed E-state index contributed by atoms with van der Waals surface area (Å²) in [6.07, 6.45) is -4.14. The van der Waals surface area contributed by atoms with E-state index in [2.05, 4.69) is 10.4 Å². The summed E-state index contributed by atoms with van der Waals surface area (Å²) in [7, 11) is 3.86. The smallest absolute Gasteiger partial charge is 0.434 e. The van der Waals surface area contributed by atoms with Crippen molar-refractivity contribution < 1.29 is 27.1 Å². The number of halogens is 4. The zero-order chi connectivity index (χ0) is 23.3. The topological polar surface area (TPSA) is 59.4 Å². The molecule has 0 saturated carbocycles. The van der Waals surface area contributed by atoms with E-state index >= 15 is 0 Å². The number of nitrogens with zero attached hydrogens (tertiary/aromatic N) is 3. The summed E-state index contributed by atoms with van der Waals surface area (Å²) >= 11 is 0. The number of nitrogens with one attached hydrogen (secondary N) is 1. The maximum atomic E-state index is 14.0. The van der Waals surface area contributed by atoms with Gasteiger partial charge in [0.25, 0.3) is 5.91 Å². The highest BCUT2D eigenvalue weighted by molar-refractivity contribution is 5.95. The molecule has 0 bridgehead atoms. The molecule has 0 aliphatic rings. The number of benzene rings is 2. The molecule has 0 atom stereocenters. The molecule has 0 aliphatic carbocycles. The van der Waals surface area contributed by atoms with Crippen LogP contribution in [0, 0.1) is 5.82 Å². The minimum atomic E-state index is -4.92. The van der Waals surface area contributed by atoms with Crippen molar-refractivity contribution in [3.05, 3.63) is 77.4 Å². The number of amides is 1. The van der Waals surface area contributed by atoms with E-state index in [-0.39, 0.29) is 6.54 Å². The quantitative estimate of drug-likeness (QED) is 0.529. The van der Waals surface area contributed by atoms with Gasteiger partial charge in [0, 0.05) is 13.1 Å². The Bertz CT molecular complexity index is 1060. The van der Waals surface area contributed by atoms with Gasteiger partial charge in [-0.25, -0.2) is 9.07 Å². The Morgan fingerprint density at radius 1 is 1.12 bits per heavy atom. The third kappa shape index (κ3) is 5.64. The van der Waals surface area contributed by atoms with Crippen molar-refractivity contribution in [2.45, 2.75) is 12.7 Å². The maximum Gasteiger partial charge on any atom is 0.434 e. The van der Waals surface area contributed by atoms with Gasteiger partial charge in [0.05, 0.1) is 11.8 Å². The molecule has 1 aromatic heterocycles. The highest BCUT2D eigenvalue weighted by Crippen LogP contribution is 2.34. The van der Waals surface area contributed by atoms with Crippen LogP contribution in [0.1, 0.15) is 21.6 Å². The van der Waals surface area contributed by atoms with E-state index in [1.807, 2.05) is 19.0 Å². The van der Waals surface area contributed by atoms with Crippen molar-refractivity contribution in [1.82, 2.24) is 20.0 Å². The van der Waals surface area contributed by atoms with Crippen LogP contribution in [0.5, 0.6) is 5.75 Å². The van der Waals surface area contributed by atoms with Gasteiger partial charge < -0.3 is 15.0 Å². The van der Waals surface area contributed by atoms with Crippen molar-refractivity contribution in [3.8, 4) is 11.4 Å². The second kappa shape index (κ2) is 9.82. The average molecular weight is 450 g/mol. The van der Waals surface area contributed by atoms with Crippen molar-refractivity contribution in [2.75, 3.05) is 27.2 Å². The lowest BCUT2D eigenvalue weighted by molar-refractivity contribution is -0.143. The van der Waals surface area contributed by atoms with Crippen LogP contribution >= 0.6 is 0 Å². The number of aromatic nitrogens is 2. The predicted octanol–water partition coefficient (Wildman–Crippen LogP) is 3.90. The van der Waals surface area contributed by atoms with Gasteiger partial charge >= 0.3 is 6.18 Å². The van der Waals surface area contributed by atoms with Gasteiger partial charge in [-0.2, -0.15) is 18.3 Å². The van der Waals surface area contributed by atoms with Crippen LogP contribution in [0.4, 0.5) is 17.6 Å². The third-order valence-electron chi connectivity index (χ3n) is 4.55. The highest BCUT2D eigenvalue weighted by atomic mass is 19.4. The number of para-hydroxylation sites is 1. The molecular weight excluding hydrogens is 428 g/mol. The molecule has 3 aromatic rings. The maximum absolute atomic E-state index is 14.0. The summed E-state index contributed by atoms with van der Waals surface area (Å²) in [4.78, 5) is 14.5. The Balaban J connectivity index is 1.72. The number of likely N-dealkylation sites (N-methyl/N-ethyl adjacent to an activating group) is 1. The van der Waals surface area contributed by atoms with Gasteiger partial charge in [0.2, 0.25) is 0 Å². The number of ether oxygens (including phenoxy) is 1. The van der Waals surface area contributed by atoms with E-state index < -0.39 is 34.8 Å². The molecule has 0 radical (unpaired) electrons. The molecule has 170 valence electrons. The largest absolute Gasteiger partial charge is 0.492 e. The first kappa shape index (κ1) is 23.3.